The third kappa shape index (κ3) is 8.05. The van der Waals surface area contributed by atoms with Gasteiger partial charge in [-0.05, 0) is 16.7 Å². The zero-order valence-electron chi connectivity index (χ0n) is 23.9. The smallest absolute Gasteiger partial charge is 0.187 e. The number of hydrogen-bond acceptors (Lipinski definition) is 10. The van der Waals surface area contributed by atoms with E-state index in [0.717, 1.165) is 16.7 Å². The Labute approximate surface area is 251 Å². The topological polar surface area (TPSA) is 141 Å². The van der Waals surface area contributed by atoms with Crippen molar-refractivity contribution in [3.63, 3.8) is 0 Å². The van der Waals surface area contributed by atoms with E-state index in [1.54, 1.807) is 0 Å². The molecular weight excluding hydrogens is 554 g/mol. The number of hydrogen-bond donors (Lipinski definition) is 5. The highest BCUT2D eigenvalue weighted by Crippen LogP contribution is 2.31. The molecule has 0 aliphatic carbocycles. The fraction of sp³-hybridized carbons (Fsp3) is 0.455. The lowest BCUT2D eigenvalue weighted by molar-refractivity contribution is -0.338. The molecule has 232 valence electrons. The molecule has 5 N–H and O–H groups in total. The molecule has 0 amide bonds. The number of rotatable bonds is 12. The van der Waals surface area contributed by atoms with Crippen LogP contribution < -0.4 is 0 Å². The monoisotopic (exact) mass is 595 g/mol. The molecule has 2 fully saturated rings. The summed E-state index contributed by atoms with van der Waals surface area (Å²) in [4.78, 5) is 1.85. The highest BCUT2D eigenvalue weighted by atomic mass is 16.7. The van der Waals surface area contributed by atoms with E-state index < -0.39 is 55.1 Å². The van der Waals surface area contributed by atoms with Gasteiger partial charge in [0.05, 0.1) is 38.6 Å². The molecule has 0 bridgehead atoms. The molecule has 0 radical (unpaired) electrons. The molecule has 0 saturated carbocycles. The van der Waals surface area contributed by atoms with Gasteiger partial charge in [-0.25, -0.2) is 0 Å². The molecule has 3 aromatic carbocycles. The Morgan fingerprint density at radius 2 is 1.28 bits per heavy atom. The van der Waals surface area contributed by atoms with Gasteiger partial charge in [-0.2, -0.15) is 0 Å². The molecule has 2 heterocycles. The summed E-state index contributed by atoms with van der Waals surface area (Å²) in [5.74, 6) is 0. The normalized spacial score (nSPS) is 31.6. The van der Waals surface area contributed by atoms with E-state index in [2.05, 4.69) is 0 Å². The van der Waals surface area contributed by atoms with E-state index in [1.807, 2.05) is 95.9 Å². The number of ether oxygens (including phenoxy) is 4. The third-order valence-corrected chi connectivity index (χ3v) is 8.03. The van der Waals surface area contributed by atoms with Crippen molar-refractivity contribution in [1.82, 2.24) is 4.90 Å². The van der Waals surface area contributed by atoms with Gasteiger partial charge < -0.3 is 44.5 Å². The van der Waals surface area contributed by atoms with E-state index in [1.165, 1.54) is 0 Å². The summed E-state index contributed by atoms with van der Waals surface area (Å²) in [6.07, 6.45) is -9.74. The van der Waals surface area contributed by atoms with Crippen LogP contribution in [0.1, 0.15) is 16.7 Å². The fourth-order valence-electron chi connectivity index (χ4n) is 5.65. The molecule has 10 heteroatoms. The summed E-state index contributed by atoms with van der Waals surface area (Å²) in [6.45, 7) is 0.505. The Bertz CT molecular complexity index is 1220. The van der Waals surface area contributed by atoms with Crippen LogP contribution in [0.3, 0.4) is 0 Å². The molecule has 10 nitrogen and oxygen atoms in total. The second-order valence-corrected chi connectivity index (χ2v) is 11.1. The molecule has 3 aromatic rings. The Balaban J connectivity index is 1.34. The first-order chi connectivity index (χ1) is 20.9. The Morgan fingerprint density at radius 3 is 1.88 bits per heavy atom. The van der Waals surface area contributed by atoms with Gasteiger partial charge in [0, 0.05) is 13.1 Å². The highest BCUT2D eigenvalue weighted by molar-refractivity contribution is 5.16. The number of aliphatic hydroxyl groups is 5. The lowest BCUT2D eigenvalue weighted by Crippen LogP contribution is -2.66. The highest BCUT2D eigenvalue weighted by Gasteiger charge is 2.50. The molecule has 2 saturated heterocycles. The van der Waals surface area contributed by atoms with Crippen molar-refractivity contribution >= 4 is 0 Å². The maximum atomic E-state index is 11.2. The summed E-state index contributed by atoms with van der Waals surface area (Å²) in [7, 11) is 0. The van der Waals surface area contributed by atoms with Crippen LogP contribution in [0, 0.1) is 0 Å². The fourth-order valence-corrected chi connectivity index (χ4v) is 5.65. The summed E-state index contributed by atoms with van der Waals surface area (Å²) < 4.78 is 24.4. The van der Waals surface area contributed by atoms with E-state index in [9.17, 15) is 25.5 Å². The predicted molar refractivity (Wildman–Crippen MR) is 156 cm³/mol. The molecule has 5 rings (SSSR count). The molecule has 2 aliphatic rings. The van der Waals surface area contributed by atoms with Crippen LogP contribution in [0.2, 0.25) is 0 Å². The van der Waals surface area contributed by atoms with Crippen molar-refractivity contribution in [3.8, 4) is 0 Å². The lowest BCUT2D eigenvalue weighted by Gasteiger charge is -2.48. The molecule has 0 aromatic heterocycles. The average Bonchev–Trinajstić information content (AvgIpc) is 3.03. The number of piperidine rings is 1. The van der Waals surface area contributed by atoms with E-state index in [-0.39, 0.29) is 33.0 Å². The minimum atomic E-state index is -1.41. The van der Waals surface area contributed by atoms with Crippen molar-refractivity contribution in [2.24, 2.45) is 0 Å². The first-order valence-corrected chi connectivity index (χ1v) is 14.6. The van der Waals surface area contributed by atoms with Crippen molar-refractivity contribution in [1.29, 1.82) is 0 Å². The molecule has 43 heavy (non-hydrogen) atoms. The van der Waals surface area contributed by atoms with Crippen molar-refractivity contribution in [2.75, 3.05) is 19.8 Å². The number of likely N-dealkylation sites (tertiary alicyclic amines) is 1. The summed E-state index contributed by atoms with van der Waals surface area (Å²) >= 11 is 0. The standard InChI is InChI=1S/C33H41NO9/c35-18-25-31(28(37)26(36)17-34(25)16-22-10-4-1-5-11-22)43-33-32(41-20-24-14-8-3-9-15-24)30(39)29(38)27(42-33)21-40-19-23-12-6-2-7-13-23/h1-15,25-33,35-39H,16-21H2/t25-,26+,27-,28-,29+,30+,31-,32-,33+/m1/s1. The Hall–Kier alpha value is -2.74. The first-order valence-electron chi connectivity index (χ1n) is 14.6. The molecule has 2 aliphatic heterocycles. The SMILES string of the molecule is OC[C@@H]1[C@@H](O[C@@H]2O[C@H](COCc3ccccc3)[C@H](O)[C@H](O)[C@H]2OCc2ccccc2)[C@H](O)[C@@H](O)CN1Cc1ccccc1. The van der Waals surface area contributed by atoms with Gasteiger partial charge in [0.2, 0.25) is 0 Å². The predicted octanol–water partition coefficient (Wildman–Crippen LogP) is 1.22. The van der Waals surface area contributed by atoms with Gasteiger partial charge in [0.25, 0.3) is 0 Å². The second-order valence-electron chi connectivity index (χ2n) is 11.1. The van der Waals surface area contributed by atoms with E-state index in [0.29, 0.717) is 6.54 Å². The average molecular weight is 596 g/mol. The van der Waals surface area contributed by atoms with E-state index in [4.69, 9.17) is 18.9 Å². The quantitative estimate of drug-likeness (QED) is 0.208. The van der Waals surface area contributed by atoms with Crippen LogP contribution in [0.5, 0.6) is 0 Å². The molecule has 0 unspecified atom stereocenters. The summed E-state index contributed by atoms with van der Waals surface area (Å²) in [5.41, 5.74) is 2.75. The number of benzene rings is 3. The number of β-amino-alcohol motifs (C(OH)–C–C–N with tert-alkyl or cyclic N) is 1. The van der Waals surface area contributed by atoms with Crippen LogP contribution in [0.15, 0.2) is 91.0 Å². The minimum Gasteiger partial charge on any atom is -0.395 e. The van der Waals surface area contributed by atoms with Crippen LogP contribution in [0.25, 0.3) is 0 Å². The minimum absolute atomic E-state index is 0.0439. The van der Waals surface area contributed by atoms with Crippen LogP contribution in [-0.2, 0) is 38.7 Å². The maximum absolute atomic E-state index is 11.2. The zero-order valence-corrected chi connectivity index (χ0v) is 23.9. The largest absolute Gasteiger partial charge is 0.395 e. The Morgan fingerprint density at radius 1 is 0.698 bits per heavy atom. The molecular formula is C33H41NO9. The van der Waals surface area contributed by atoms with Gasteiger partial charge in [0.15, 0.2) is 6.29 Å². The summed E-state index contributed by atoms with van der Waals surface area (Å²) in [6, 6.07) is 27.8. The zero-order chi connectivity index (χ0) is 30.2. The van der Waals surface area contributed by atoms with Gasteiger partial charge >= 0.3 is 0 Å². The maximum Gasteiger partial charge on any atom is 0.187 e. The van der Waals surface area contributed by atoms with Crippen LogP contribution >= 0.6 is 0 Å². The molecule has 0 spiro atoms. The Kier molecular flexibility index (Phi) is 11.3. The number of nitrogens with zero attached hydrogens (tertiary/aromatic N) is 1. The van der Waals surface area contributed by atoms with Crippen LogP contribution in [-0.4, -0.2) is 105 Å². The third-order valence-electron chi connectivity index (χ3n) is 8.03. The lowest BCUT2D eigenvalue weighted by atomic mass is 9.92. The van der Waals surface area contributed by atoms with Gasteiger partial charge in [-0.1, -0.05) is 91.0 Å². The van der Waals surface area contributed by atoms with Crippen molar-refractivity contribution in [2.45, 2.75) is 74.8 Å². The summed E-state index contributed by atoms with van der Waals surface area (Å²) in [5, 5.41) is 54.5. The first kappa shape index (κ1) is 31.7. The number of aliphatic hydroxyl groups excluding tert-OH is 5. The van der Waals surface area contributed by atoms with Crippen LogP contribution in [0.4, 0.5) is 0 Å². The van der Waals surface area contributed by atoms with Gasteiger partial charge in [-0.3, -0.25) is 4.90 Å². The van der Waals surface area contributed by atoms with Gasteiger partial charge in [0.1, 0.15) is 36.6 Å². The van der Waals surface area contributed by atoms with E-state index >= 15 is 0 Å². The van der Waals surface area contributed by atoms with Gasteiger partial charge in [-0.15, -0.1) is 0 Å². The van der Waals surface area contributed by atoms with Crippen molar-refractivity contribution in [3.05, 3.63) is 108 Å². The van der Waals surface area contributed by atoms with Crippen molar-refractivity contribution < 1.29 is 44.5 Å². The second kappa shape index (κ2) is 15.3. The molecule has 9 atom stereocenters.